The molecule has 0 saturated heterocycles. The Morgan fingerprint density at radius 3 is 2.34 bits per heavy atom. The van der Waals surface area contributed by atoms with E-state index in [1.165, 1.54) is 7.11 Å². The smallest absolute Gasteiger partial charge is 0.278 e. The highest BCUT2D eigenvalue weighted by Crippen LogP contribution is 2.30. The number of likely N-dealkylation sites (N-methyl/N-ethyl adjacent to an activating group) is 1. The van der Waals surface area contributed by atoms with Gasteiger partial charge in [0.25, 0.3) is 11.8 Å². The van der Waals surface area contributed by atoms with E-state index in [4.69, 9.17) is 10.5 Å². The Hall–Kier alpha value is -2.73. The predicted molar refractivity (Wildman–Crippen MR) is 127 cm³/mol. The molecule has 11 nitrogen and oxygen atoms in total. The molecule has 0 bridgehead atoms. The molecule has 3 amide bonds. The molecule has 11 heteroatoms. The minimum atomic E-state index is -2.13. The summed E-state index contributed by atoms with van der Waals surface area (Å²) in [6, 6.07) is 4.24. The van der Waals surface area contributed by atoms with Gasteiger partial charge in [-0.3, -0.25) is 14.4 Å². The van der Waals surface area contributed by atoms with Gasteiger partial charge in [-0.15, -0.1) is 0 Å². The number of rotatable bonds is 11. The van der Waals surface area contributed by atoms with Crippen molar-refractivity contribution < 1.29 is 39.8 Å². The summed E-state index contributed by atoms with van der Waals surface area (Å²) in [4.78, 5) is 37.8. The molecule has 9 N–H and O–H groups in total. The van der Waals surface area contributed by atoms with Crippen LogP contribution in [-0.2, 0) is 20.8 Å². The second-order valence-electron chi connectivity index (χ2n) is 9.66. The Kier molecular flexibility index (Phi) is 10.0. The van der Waals surface area contributed by atoms with Crippen molar-refractivity contribution in [2.75, 3.05) is 14.2 Å². The van der Waals surface area contributed by atoms with Gasteiger partial charge in [-0.05, 0) is 23.6 Å². The fourth-order valence-corrected chi connectivity index (χ4v) is 4.33. The van der Waals surface area contributed by atoms with E-state index in [9.17, 15) is 29.7 Å². The zero-order chi connectivity index (χ0) is 26.3. The van der Waals surface area contributed by atoms with Crippen molar-refractivity contribution in [3.63, 3.8) is 0 Å². The first-order chi connectivity index (χ1) is 16.4. The van der Waals surface area contributed by atoms with Crippen LogP contribution in [0.25, 0.3) is 0 Å². The van der Waals surface area contributed by atoms with Crippen molar-refractivity contribution in [1.29, 1.82) is 0 Å². The van der Waals surface area contributed by atoms with Gasteiger partial charge in [0.2, 0.25) is 5.91 Å². The summed E-state index contributed by atoms with van der Waals surface area (Å²) in [5, 5.41) is 38.8. The molecule has 0 aliphatic heterocycles. The Balaban J connectivity index is 2.13. The third-order valence-electron chi connectivity index (χ3n) is 6.37. The molecule has 1 aromatic rings. The van der Waals surface area contributed by atoms with Crippen LogP contribution in [0.1, 0.15) is 38.7 Å². The molecule has 0 unspecified atom stereocenters. The number of nitrogens with two attached hydrogens (primary N) is 2. The van der Waals surface area contributed by atoms with Crippen LogP contribution in [-0.4, -0.2) is 83.1 Å². The normalized spacial score (nSPS) is 26.0. The van der Waals surface area contributed by atoms with Gasteiger partial charge in [0, 0.05) is 25.7 Å². The first-order valence-corrected chi connectivity index (χ1v) is 11.8. The number of primary amides is 1. The number of hydrogen-bond acceptors (Lipinski definition) is 7. The topological polar surface area (TPSA) is 188 Å². The van der Waals surface area contributed by atoms with Crippen LogP contribution in [0.4, 0.5) is 0 Å². The molecule has 0 aromatic heterocycles. The monoisotopic (exact) mass is 495 g/mol. The summed E-state index contributed by atoms with van der Waals surface area (Å²) in [7, 11) is 3.29. The molecule has 0 heterocycles. The van der Waals surface area contributed by atoms with Gasteiger partial charge < -0.3 is 41.7 Å². The van der Waals surface area contributed by atoms with Gasteiger partial charge in [0.1, 0.15) is 23.5 Å². The number of amides is 3. The Morgan fingerprint density at radius 2 is 1.83 bits per heavy atom. The highest BCUT2D eigenvalue weighted by molar-refractivity contribution is 5.91. The number of ether oxygens (including phenoxy) is 1. The molecule has 0 radical (unpaired) electrons. The maximum Gasteiger partial charge on any atom is 0.278 e. The first-order valence-electron chi connectivity index (χ1n) is 11.8. The van der Waals surface area contributed by atoms with Crippen LogP contribution in [0.5, 0.6) is 5.75 Å². The fourth-order valence-electron chi connectivity index (χ4n) is 4.33. The Bertz CT molecular complexity index is 879. The van der Waals surface area contributed by atoms with Gasteiger partial charge in [0.05, 0.1) is 26.3 Å². The van der Waals surface area contributed by atoms with Crippen molar-refractivity contribution in [2.45, 2.75) is 75.5 Å². The summed E-state index contributed by atoms with van der Waals surface area (Å²) in [6.07, 6.45) is -2.97. The van der Waals surface area contributed by atoms with Gasteiger partial charge in [-0.25, -0.2) is 0 Å². The second kappa shape index (κ2) is 12.3. The lowest BCUT2D eigenvalue weighted by Crippen LogP contribution is -2.89. The molecule has 196 valence electrons. The largest absolute Gasteiger partial charge is 0.497 e. The number of aliphatic hydroxyl groups is 3. The third-order valence-corrected chi connectivity index (χ3v) is 6.37. The molecule has 1 aromatic carbocycles. The Labute approximate surface area is 205 Å². The van der Waals surface area contributed by atoms with Crippen molar-refractivity contribution in [1.82, 2.24) is 10.6 Å². The standard InChI is InChI=1S/C24H38N4O7/c1-13(2)9-17(26-3)22(32)27-18-11-24(34,12-19(29)20(18)30)23(33)28-16(21(25)31)10-14-5-7-15(35-4)8-6-14/h5-8,13,16-20,26,29-30,34H,9-12H2,1-4H3,(H2,25,31)(H,27,32)(H,28,33)/p+1/t16-,17-,18-,19+,20+,24-/m0/s1. The molecule has 1 aliphatic carbocycles. The van der Waals surface area contributed by atoms with Crippen LogP contribution >= 0.6 is 0 Å². The molecule has 1 aliphatic rings. The number of carbonyl (C=O) groups excluding carboxylic acids is 3. The van der Waals surface area contributed by atoms with Gasteiger partial charge >= 0.3 is 0 Å². The Morgan fingerprint density at radius 1 is 1.20 bits per heavy atom. The maximum atomic E-state index is 13.0. The summed E-state index contributed by atoms with van der Waals surface area (Å²) >= 11 is 0. The van der Waals surface area contributed by atoms with Crippen molar-refractivity contribution in [3.8, 4) is 5.75 Å². The number of nitrogens with one attached hydrogen (secondary N) is 2. The summed E-state index contributed by atoms with van der Waals surface area (Å²) in [5.41, 5.74) is 4.06. The summed E-state index contributed by atoms with van der Waals surface area (Å²) in [5.74, 6) is -1.20. The van der Waals surface area contributed by atoms with Crippen molar-refractivity contribution >= 4 is 17.7 Å². The summed E-state index contributed by atoms with van der Waals surface area (Å²) in [6.45, 7) is 3.96. The van der Waals surface area contributed by atoms with E-state index in [1.807, 2.05) is 13.8 Å². The maximum absolute atomic E-state index is 13.0. The van der Waals surface area contributed by atoms with Gasteiger partial charge in [0.15, 0.2) is 6.04 Å². The number of methoxy groups -OCH3 is 1. The molecule has 6 atom stereocenters. The second-order valence-corrected chi connectivity index (χ2v) is 9.66. The van der Waals surface area contributed by atoms with Crippen LogP contribution < -0.4 is 26.4 Å². The molecule has 1 saturated carbocycles. The van der Waals surface area contributed by atoms with Crippen LogP contribution in [0.2, 0.25) is 0 Å². The van der Waals surface area contributed by atoms with E-state index in [0.717, 1.165) is 0 Å². The highest BCUT2D eigenvalue weighted by Gasteiger charge is 2.50. The lowest BCUT2D eigenvalue weighted by atomic mass is 9.77. The van der Waals surface area contributed by atoms with E-state index in [0.29, 0.717) is 17.7 Å². The molecule has 35 heavy (non-hydrogen) atoms. The van der Waals surface area contributed by atoms with E-state index >= 15 is 0 Å². The van der Waals surface area contributed by atoms with E-state index in [-0.39, 0.29) is 24.7 Å². The number of aliphatic hydroxyl groups excluding tert-OH is 2. The van der Waals surface area contributed by atoms with Crippen molar-refractivity contribution in [2.24, 2.45) is 11.7 Å². The number of hydrogen-bond donors (Lipinski definition) is 7. The number of benzene rings is 1. The van der Waals surface area contributed by atoms with E-state index in [1.54, 1.807) is 36.6 Å². The third kappa shape index (κ3) is 7.63. The number of quaternary nitrogens is 1. The highest BCUT2D eigenvalue weighted by atomic mass is 16.5. The lowest BCUT2D eigenvalue weighted by molar-refractivity contribution is -0.651. The minimum absolute atomic E-state index is 0.0791. The molecular weight excluding hydrogens is 456 g/mol. The average molecular weight is 496 g/mol. The lowest BCUT2D eigenvalue weighted by Gasteiger charge is -2.42. The molecule has 0 spiro atoms. The molecule has 2 rings (SSSR count). The average Bonchev–Trinajstić information content (AvgIpc) is 2.80. The SMILES string of the molecule is C[NH2+][C@@H](CC(C)C)C(=O)N[C@H]1C[C@@](O)(C(=O)N[C@@H](Cc2ccc(OC)cc2)C(N)=O)C[C@@H](O)[C@@H]1O. The van der Waals surface area contributed by atoms with Crippen LogP contribution in [0, 0.1) is 5.92 Å². The van der Waals surface area contributed by atoms with E-state index < -0.39 is 54.2 Å². The van der Waals surface area contributed by atoms with E-state index in [2.05, 4.69) is 10.6 Å². The van der Waals surface area contributed by atoms with Gasteiger partial charge in [-0.2, -0.15) is 0 Å². The fraction of sp³-hybridized carbons (Fsp3) is 0.625. The van der Waals surface area contributed by atoms with Crippen LogP contribution in [0.3, 0.4) is 0 Å². The van der Waals surface area contributed by atoms with Crippen molar-refractivity contribution in [3.05, 3.63) is 29.8 Å². The quantitative estimate of drug-likeness (QED) is 0.177. The molecule has 1 fully saturated rings. The first kappa shape index (κ1) is 28.5. The summed E-state index contributed by atoms with van der Waals surface area (Å²) < 4.78 is 5.11. The number of carbonyl (C=O) groups is 3. The zero-order valence-electron chi connectivity index (χ0n) is 20.7. The predicted octanol–water partition coefficient (Wildman–Crippen LogP) is -2.45. The van der Waals surface area contributed by atoms with Crippen LogP contribution in [0.15, 0.2) is 24.3 Å². The van der Waals surface area contributed by atoms with Gasteiger partial charge in [-0.1, -0.05) is 26.0 Å². The zero-order valence-corrected chi connectivity index (χ0v) is 20.7. The molecular formula is C24H39N4O7+. The minimum Gasteiger partial charge on any atom is -0.497 e.